The summed E-state index contributed by atoms with van der Waals surface area (Å²) in [6.45, 7) is 6.29. The van der Waals surface area contributed by atoms with Gasteiger partial charge in [0.05, 0.1) is 17.0 Å². The normalized spacial score (nSPS) is 15.9. The number of hydrogen-bond acceptors (Lipinski definition) is 5. The fraction of sp³-hybridized carbons (Fsp3) is 0.364. The van der Waals surface area contributed by atoms with Crippen molar-refractivity contribution in [3.8, 4) is 0 Å². The molecule has 3 rings (SSSR count). The van der Waals surface area contributed by atoms with Crippen LogP contribution in [0.15, 0.2) is 48.5 Å². The first kappa shape index (κ1) is 21.0. The Bertz CT molecular complexity index is 1020. The minimum atomic E-state index is -3.33. The molecule has 154 valence electrons. The van der Waals surface area contributed by atoms with Crippen molar-refractivity contribution < 1.29 is 22.7 Å². The van der Waals surface area contributed by atoms with Gasteiger partial charge < -0.3 is 4.74 Å². The quantitative estimate of drug-likeness (QED) is 0.551. The van der Waals surface area contributed by atoms with Gasteiger partial charge in [-0.15, -0.1) is 0 Å². The number of esters is 1. The third-order valence-corrected chi connectivity index (χ3v) is 6.75. The van der Waals surface area contributed by atoms with Gasteiger partial charge in [-0.25, -0.2) is 13.2 Å². The van der Waals surface area contributed by atoms with Gasteiger partial charge in [0.2, 0.25) is 10.0 Å². The van der Waals surface area contributed by atoms with Crippen LogP contribution in [-0.4, -0.2) is 39.1 Å². The smallest absolute Gasteiger partial charge is 0.338 e. The Balaban J connectivity index is 1.65. The Labute approximate surface area is 171 Å². The van der Waals surface area contributed by atoms with Crippen molar-refractivity contribution in [2.75, 3.05) is 23.2 Å². The van der Waals surface area contributed by atoms with E-state index >= 15 is 0 Å². The van der Waals surface area contributed by atoms with E-state index in [-0.39, 0.29) is 29.1 Å². The van der Waals surface area contributed by atoms with Crippen molar-refractivity contribution in [3.63, 3.8) is 0 Å². The van der Waals surface area contributed by atoms with Gasteiger partial charge in [0, 0.05) is 12.1 Å². The lowest BCUT2D eigenvalue weighted by Crippen LogP contribution is -2.25. The van der Waals surface area contributed by atoms with Crippen LogP contribution in [0.2, 0.25) is 0 Å². The molecular formula is C22H25NO5S. The number of ketones is 1. The lowest BCUT2D eigenvalue weighted by atomic mass is 9.86. The molecule has 0 bridgehead atoms. The van der Waals surface area contributed by atoms with Crippen molar-refractivity contribution in [3.05, 3.63) is 65.2 Å². The summed E-state index contributed by atoms with van der Waals surface area (Å²) in [6, 6.07) is 13.5. The maximum absolute atomic E-state index is 12.4. The first-order valence-corrected chi connectivity index (χ1v) is 11.1. The standard InChI is InChI=1S/C22H25NO5S/c1-22(2,3)18-10-8-16(9-11-18)20(24)15-28-21(25)17-6-4-7-19(14-17)23-12-5-13-29(23,26)27/h4,6-11,14H,5,12-13,15H2,1-3H3. The van der Waals surface area contributed by atoms with Crippen molar-refractivity contribution >= 4 is 27.5 Å². The van der Waals surface area contributed by atoms with E-state index in [1.807, 2.05) is 12.1 Å². The molecule has 0 amide bonds. The summed E-state index contributed by atoms with van der Waals surface area (Å²) >= 11 is 0. The highest BCUT2D eigenvalue weighted by atomic mass is 32.2. The summed E-state index contributed by atoms with van der Waals surface area (Å²) in [6.07, 6.45) is 0.555. The van der Waals surface area contributed by atoms with E-state index in [9.17, 15) is 18.0 Å². The Morgan fingerprint density at radius 1 is 1.03 bits per heavy atom. The Kier molecular flexibility index (Phi) is 5.80. The average Bonchev–Trinajstić information content (AvgIpc) is 3.04. The van der Waals surface area contributed by atoms with Gasteiger partial charge in [0.15, 0.2) is 12.4 Å². The molecule has 0 spiro atoms. The molecule has 6 nitrogen and oxygen atoms in total. The van der Waals surface area contributed by atoms with E-state index in [0.29, 0.717) is 24.2 Å². The van der Waals surface area contributed by atoms with E-state index in [4.69, 9.17) is 4.74 Å². The van der Waals surface area contributed by atoms with Gasteiger partial charge in [0.1, 0.15) is 0 Å². The van der Waals surface area contributed by atoms with Gasteiger partial charge in [-0.2, -0.15) is 0 Å². The number of ether oxygens (including phenoxy) is 1. The van der Waals surface area contributed by atoms with Crippen molar-refractivity contribution in [1.82, 2.24) is 0 Å². The molecule has 1 aliphatic heterocycles. The number of rotatable bonds is 5. The lowest BCUT2D eigenvalue weighted by molar-refractivity contribution is 0.0475. The molecule has 0 unspecified atom stereocenters. The highest BCUT2D eigenvalue weighted by Gasteiger charge is 2.28. The van der Waals surface area contributed by atoms with Crippen molar-refractivity contribution in [2.45, 2.75) is 32.6 Å². The van der Waals surface area contributed by atoms with Crippen molar-refractivity contribution in [1.29, 1.82) is 0 Å². The summed E-state index contributed by atoms with van der Waals surface area (Å²) in [7, 11) is -3.33. The van der Waals surface area contributed by atoms with Crippen LogP contribution in [0.1, 0.15) is 53.5 Å². The lowest BCUT2D eigenvalue weighted by Gasteiger charge is -2.19. The van der Waals surface area contributed by atoms with Crippen LogP contribution in [0.25, 0.3) is 0 Å². The van der Waals surface area contributed by atoms with E-state index in [2.05, 4.69) is 20.8 Å². The van der Waals surface area contributed by atoms with Crippen LogP contribution >= 0.6 is 0 Å². The molecular weight excluding hydrogens is 390 g/mol. The summed E-state index contributed by atoms with van der Waals surface area (Å²) < 4.78 is 30.6. The molecule has 1 heterocycles. The fourth-order valence-electron chi connectivity index (χ4n) is 3.17. The fourth-order valence-corrected chi connectivity index (χ4v) is 4.73. The van der Waals surface area contributed by atoms with Crippen LogP contribution in [0.4, 0.5) is 5.69 Å². The third kappa shape index (κ3) is 4.85. The van der Waals surface area contributed by atoms with Gasteiger partial charge in [-0.05, 0) is 35.6 Å². The molecule has 7 heteroatoms. The molecule has 2 aromatic rings. The molecule has 1 aliphatic rings. The predicted octanol–water partition coefficient (Wildman–Crippen LogP) is 3.56. The molecule has 0 aliphatic carbocycles. The molecule has 1 saturated heterocycles. The van der Waals surface area contributed by atoms with Crippen LogP contribution in [0, 0.1) is 0 Å². The predicted molar refractivity (Wildman–Crippen MR) is 112 cm³/mol. The summed E-state index contributed by atoms with van der Waals surface area (Å²) in [5, 5.41) is 0. The van der Waals surface area contributed by atoms with Gasteiger partial charge >= 0.3 is 5.97 Å². The molecule has 0 N–H and O–H groups in total. The number of nitrogens with zero attached hydrogens (tertiary/aromatic N) is 1. The number of anilines is 1. The summed E-state index contributed by atoms with van der Waals surface area (Å²) in [5.74, 6) is -0.857. The molecule has 0 atom stereocenters. The molecule has 2 aromatic carbocycles. The molecule has 29 heavy (non-hydrogen) atoms. The van der Waals surface area contributed by atoms with Crippen molar-refractivity contribution in [2.24, 2.45) is 0 Å². The van der Waals surface area contributed by atoms with Gasteiger partial charge in [0.25, 0.3) is 0 Å². The van der Waals surface area contributed by atoms with Crippen LogP contribution < -0.4 is 4.31 Å². The monoisotopic (exact) mass is 415 g/mol. The second kappa shape index (κ2) is 7.99. The van der Waals surface area contributed by atoms with Crippen LogP contribution in [-0.2, 0) is 20.2 Å². The number of Topliss-reactive ketones (excluding diaryl/α,β-unsaturated/α-hetero) is 1. The van der Waals surface area contributed by atoms with Gasteiger partial charge in [-0.3, -0.25) is 9.10 Å². The second-order valence-corrected chi connectivity index (χ2v) is 10.1. The Morgan fingerprint density at radius 3 is 2.31 bits per heavy atom. The first-order valence-electron chi connectivity index (χ1n) is 9.49. The number of carbonyl (C=O) groups is 2. The van der Waals surface area contributed by atoms with Crippen LogP contribution in [0.3, 0.4) is 0 Å². The zero-order valence-electron chi connectivity index (χ0n) is 16.8. The molecule has 0 aromatic heterocycles. The molecule has 0 radical (unpaired) electrons. The van der Waals surface area contributed by atoms with E-state index in [1.54, 1.807) is 24.3 Å². The maximum atomic E-state index is 12.4. The number of sulfonamides is 1. The minimum Gasteiger partial charge on any atom is -0.454 e. The summed E-state index contributed by atoms with van der Waals surface area (Å²) in [5.41, 5.74) is 2.21. The highest BCUT2D eigenvalue weighted by molar-refractivity contribution is 7.93. The second-order valence-electron chi connectivity index (χ2n) is 8.12. The zero-order valence-corrected chi connectivity index (χ0v) is 17.7. The zero-order chi connectivity index (χ0) is 21.2. The van der Waals surface area contributed by atoms with Crippen LogP contribution in [0.5, 0.6) is 0 Å². The molecule has 1 fully saturated rings. The largest absolute Gasteiger partial charge is 0.454 e. The number of hydrogen-bond donors (Lipinski definition) is 0. The van der Waals surface area contributed by atoms with Gasteiger partial charge in [-0.1, -0.05) is 51.1 Å². The SMILES string of the molecule is CC(C)(C)c1ccc(C(=O)COC(=O)c2cccc(N3CCCS3(=O)=O)c2)cc1. The average molecular weight is 416 g/mol. The third-order valence-electron chi connectivity index (χ3n) is 4.88. The Morgan fingerprint density at radius 2 is 1.72 bits per heavy atom. The van der Waals surface area contributed by atoms with E-state index < -0.39 is 16.0 Å². The summed E-state index contributed by atoms with van der Waals surface area (Å²) in [4.78, 5) is 24.7. The van der Waals surface area contributed by atoms with E-state index in [1.165, 1.54) is 16.4 Å². The minimum absolute atomic E-state index is 0.0120. The van der Waals surface area contributed by atoms with E-state index in [0.717, 1.165) is 5.56 Å². The molecule has 0 saturated carbocycles. The number of carbonyl (C=O) groups excluding carboxylic acids is 2. The maximum Gasteiger partial charge on any atom is 0.338 e. The number of benzene rings is 2. The first-order chi connectivity index (χ1) is 13.6. The highest BCUT2D eigenvalue weighted by Crippen LogP contribution is 2.25. The Hall–Kier alpha value is -2.67. The topological polar surface area (TPSA) is 80.8 Å².